The number of anilines is 1. The summed E-state index contributed by atoms with van der Waals surface area (Å²) in [5, 5.41) is 2.58. The summed E-state index contributed by atoms with van der Waals surface area (Å²) < 4.78 is 0. The maximum absolute atomic E-state index is 12.6. The van der Waals surface area contributed by atoms with E-state index in [2.05, 4.69) is 4.98 Å². The second-order valence-corrected chi connectivity index (χ2v) is 5.45. The van der Waals surface area contributed by atoms with Gasteiger partial charge in [-0.05, 0) is 29.1 Å². The molecule has 3 aromatic rings. The second kappa shape index (κ2) is 4.57. The summed E-state index contributed by atoms with van der Waals surface area (Å²) in [6.07, 6.45) is 1.71. The zero-order valence-corrected chi connectivity index (χ0v) is 11.8. The van der Waals surface area contributed by atoms with Gasteiger partial charge in [0.2, 0.25) is 0 Å². The maximum Gasteiger partial charge on any atom is 0.259 e. The average molecular weight is 295 g/mol. The summed E-state index contributed by atoms with van der Waals surface area (Å²) in [5.74, 6) is 0.0387. The lowest BCUT2D eigenvalue weighted by Gasteiger charge is -2.17. The molecular formula is C17H11ClN2O. The molecule has 1 aromatic heterocycles. The van der Waals surface area contributed by atoms with Gasteiger partial charge in [0.1, 0.15) is 5.15 Å². The minimum absolute atomic E-state index is 0.0387. The molecule has 3 nitrogen and oxygen atoms in total. The summed E-state index contributed by atoms with van der Waals surface area (Å²) in [4.78, 5) is 18.5. The van der Waals surface area contributed by atoms with Crippen LogP contribution in [0.5, 0.6) is 0 Å². The fraction of sp³-hybridized carbons (Fsp3) is 0.0588. The number of nitrogens with zero attached hydrogens (tertiary/aromatic N) is 2. The van der Waals surface area contributed by atoms with E-state index in [1.807, 2.05) is 42.5 Å². The van der Waals surface area contributed by atoms with Gasteiger partial charge in [-0.3, -0.25) is 4.79 Å². The summed E-state index contributed by atoms with van der Waals surface area (Å²) in [5.41, 5.74) is 2.69. The summed E-state index contributed by atoms with van der Waals surface area (Å²) in [6.45, 7) is 0.497. The molecule has 0 fully saturated rings. The molecule has 0 atom stereocenters. The highest BCUT2D eigenvalue weighted by Crippen LogP contribution is 2.37. The number of rotatable bonds is 2. The number of aromatic nitrogens is 1. The van der Waals surface area contributed by atoms with Gasteiger partial charge in [0, 0.05) is 17.1 Å². The van der Waals surface area contributed by atoms with E-state index in [1.165, 1.54) is 0 Å². The van der Waals surface area contributed by atoms with E-state index < -0.39 is 0 Å². The minimum atomic E-state index is 0.0387. The minimum Gasteiger partial charge on any atom is -0.303 e. The lowest BCUT2D eigenvalue weighted by Crippen LogP contribution is -2.26. The Balaban J connectivity index is 1.80. The zero-order chi connectivity index (χ0) is 14.4. The Bertz CT molecular complexity index is 853. The first kappa shape index (κ1) is 12.4. The molecule has 2 heterocycles. The van der Waals surface area contributed by atoms with Crippen molar-refractivity contribution in [1.82, 2.24) is 4.98 Å². The third-order valence-electron chi connectivity index (χ3n) is 3.78. The molecule has 4 rings (SSSR count). The predicted octanol–water partition coefficient (Wildman–Crippen LogP) is 4.05. The van der Waals surface area contributed by atoms with Gasteiger partial charge in [-0.2, -0.15) is 0 Å². The van der Waals surface area contributed by atoms with E-state index in [0.717, 1.165) is 27.6 Å². The monoisotopic (exact) mass is 294 g/mol. The largest absolute Gasteiger partial charge is 0.303 e. The molecule has 0 unspecified atom stereocenters. The van der Waals surface area contributed by atoms with Crippen molar-refractivity contribution >= 4 is 34.0 Å². The molecular weight excluding hydrogens is 284 g/mol. The highest BCUT2D eigenvalue weighted by Gasteiger charge is 2.29. The van der Waals surface area contributed by atoms with Gasteiger partial charge < -0.3 is 4.90 Å². The Kier molecular flexibility index (Phi) is 2.69. The van der Waals surface area contributed by atoms with Crippen LogP contribution in [-0.2, 0) is 6.54 Å². The van der Waals surface area contributed by atoms with Crippen molar-refractivity contribution in [2.75, 3.05) is 4.90 Å². The highest BCUT2D eigenvalue weighted by molar-refractivity contribution is 6.29. The number of benzene rings is 2. The Morgan fingerprint density at radius 2 is 1.86 bits per heavy atom. The van der Waals surface area contributed by atoms with E-state index in [0.29, 0.717) is 11.7 Å². The molecule has 2 aromatic carbocycles. The first-order valence-electron chi connectivity index (χ1n) is 6.68. The molecule has 102 valence electrons. The topological polar surface area (TPSA) is 33.2 Å². The fourth-order valence-electron chi connectivity index (χ4n) is 2.82. The van der Waals surface area contributed by atoms with E-state index in [-0.39, 0.29) is 5.91 Å². The van der Waals surface area contributed by atoms with Crippen molar-refractivity contribution in [2.45, 2.75) is 6.54 Å². The van der Waals surface area contributed by atoms with Crippen LogP contribution in [0.1, 0.15) is 15.9 Å². The van der Waals surface area contributed by atoms with E-state index in [9.17, 15) is 4.79 Å². The molecule has 0 bridgehead atoms. The predicted molar refractivity (Wildman–Crippen MR) is 83.7 cm³/mol. The van der Waals surface area contributed by atoms with E-state index in [1.54, 1.807) is 17.2 Å². The van der Waals surface area contributed by atoms with Crippen LogP contribution < -0.4 is 4.90 Å². The second-order valence-electron chi connectivity index (χ2n) is 5.06. The molecule has 1 aliphatic rings. The van der Waals surface area contributed by atoms with Crippen molar-refractivity contribution in [3.8, 4) is 0 Å². The van der Waals surface area contributed by atoms with Crippen LogP contribution >= 0.6 is 11.6 Å². The summed E-state index contributed by atoms with van der Waals surface area (Å²) in [7, 11) is 0. The van der Waals surface area contributed by atoms with Crippen LogP contribution in [-0.4, -0.2) is 10.9 Å². The van der Waals surface area contributed by atoms with Crippen molar-refractivity contribution in [3.63, 3.8) is 0 Å². The van der Waals surface area contributed by atoms with Crippen molar-refractivity contribution in [2.24, 2.45) is 0 Å². The molecule has 0 aliphatic carbocycles. The average Bonchev–Trinajstić information content (AvgIpc) is 2.78. The van der Waals surface area contributed by atoms with E-state index in [4.69, 9.17) is 11.6 Å². The Morgan fingerprint density at radius 3 is 2.62 bits per heavy atom. The lowest BCUT2D eigenvalue weighted by atomic mass is 10.1. The SMILES string of the molecule is O=C1c2cccc3cccc(c23)N1Cc1ccc(Cl)nc1. The molecule has 1 amide bonds. The van der Waals surface area contributed by atoms with Crippen LogP contribution in [0.4, 0.5) is 5.69 Å². The molecule has 4 heteroatoms. The standard InChI is InChI=1S/C17H11ClN2O/c18-15-8-7-11(9-19-15)10-20-14-6-2-4-12-3-1-5-13(16(12)14)17(20)21/h1-9H,10H2. The molecule has 21 heavy (non-hydrogen) atoms. The molecule has 0 N–H and O–H groups in total. The van der Waals surface area contributed by atoms with Gasteiger partial charge in [-0.25, -0.2) is 4.98 Å². The Morgan fingerprint density at radius 1 is 1.05 bits per heavy atom. The van der Waals surface area contributed by atoms with Gasteiger partial charge in [0.05, 0.1) is 12.2 Å². The number of amides is 1. The molecule has 0 radical (unpaired) electrons. The normalized spacial score (nSPS) is 13.2. The summed E-state index contributed by atoms with van der Waals surface area (Å²) in [6, 6.07) is 15.5. The van der Waals surface area contributed by atoms with Gasteiger partial charge in [-0.1, -0.05) is 41.9 Å². The Hall–Kier alpha value is -2.39. The van der Waals surface area contributed by atoms with E-state index >= 15 is 0 Å². The fourth-order valence-corrected chi connectivity index (χ4v) is 2.93. The van der Waals surface area contributed by atoms with Gasteiger partial charge in [0.15, 0.2) is 0 Å². The third kappa shape index (κ3) is 1.89. The maximum atomic E-state index is 12.6. The summed E-state index contributed by atoms with van der Waals surface area (Å²) >= 11 is 5.80. The number of halogens is 1. The molecule has 0 saturated heterocycles. The van der Waals surface area contributed by atoms with Crippen LogP contribution in [0.15, 0.2) is 54.7 Å². The molecule has 1 aliphatic heterocycles. The van der Waals surface area contributed by atoms with Crippen LogP contribution in [0.25, 0.3) is 10.8 Å². The lowest BCUT2D eigenvalue weighted by molar-refractivity contribution is 0.0991. The van der Waals surface area contributed by atoms with Gasteiger partial charge >= 0.3 is 0 Å². The number of carbonyl (C=O) groups excluding carboxylic acids is 1. The van der Waals surface area contributed by atoms with Crippen molar-refractivity contribution < 1.29 is 4.79 Å². The van der Waals surface area contributed by atoms with Crippen LogP contribution in [0.2, 0.25) is 5.15 Å². The molecule has 0 spiro atoms. The van der Waals surface area contributed by atoms with Crippen molar-refractivity contribution in [1.29, 1.82) is 0 Å². The van der Waals surface area contributed by atoms with Gasteiger partial charge in [0.25, 0.3) is 5.91 Å². The first-order valence-corrected chi connectivity index (χ1v) is 7.06. The number of carbonyl (C=O) groups is 1. The highest BCUT2D eigenvalue weighted by atomic mass is 35.5. The number of hydrogen-bond donors (Lipinski definition) is 0. The zero-order valence-electron chi connectivity index (χ0n) is 11.1. The van der Waals surface area contributed by atoms with Crippen LogP contribution in [0, 0.1) is 0 Å². The quantitative estimate of drug-likeness (QED) is 0.668. The molecule has 0 saturated carbocycles. The first-order chi connectivity index (χ1) is 10.2. The van der Waals surface area contributed by atoms with Gasteiger partial charge in [-0.15, -0.1) is 0 Å². The third-order valence-corrected chi connectivity index (χ3v) is 4.00. The van der Waals surface area contributed by atoms with Crippen LogP contribution in [0.3, 0.4) is 0 Å². The number of hydrogen-bond acceptors (Lipinski definition) is 2. The van der Waals surface area contributed by atoms with Crippen molar-refractivity contribution in [3.05, 3.63) is 71.0 Å². The smallest absolute Gasteiger partial charge is 0.259 e. The number of pyridine rings is 1. The Labute approximate surface area is 126 Å².